The van der Waals surface area contributed by atoms with Crippen LogP contribution >= 0.6 is 15.9 Å². The van der Waals surface area contributed by atoms with Crippen LogP contribution in [0.25, 0.3) is 0 Å². The number of aliphatic hydroxyl groups excluding tert-OH is 1. The van der Waals surface area contributed by atoms with Gasteiger partial charge in [0.05, 0.1) is 13.2 Å². The van der Waals surface area contributed by atoms with Gasteiger partial charge in [0.2, 0.25) is 0 Å². The second kappa shape index (κ2) is 6.77. The summed E-state index contributed by atoms with van der Waals surface area (Å²) in [6.45, 7) is 2.18. The Hall–Kier alpha value is -1.52. The molecule has 0 amide bonds. The van der Waals surface area contributed by atoms with E-state index in [-0.39, 0.29) is 0 Å². The average molecular weight is 337 g/mol. The lowest BCUT2D eigenvalue weighted by atomic mass is 10.1. The quantitative estimate of drug-likeness (QED) is 0.893. The minimum absolute atomic E-state index is 0.462. The van der Waals surface area contributed by atoms with Crippen molar-refractivity contribution >= 4 is 15.9 Å². The molecule has 0 saturated heterocycles. The third kappa shape index (κ3) is 3.74. The van der Waals surface area contributed by atoms with E-state index in [0.29, 0.717) is 18.1 Å². The minimum atomic E-state index is -0.525. The van der Waals surface area contributed by atoms with Gasteiger partial charge in [-0.25, -0.2) is 0 Å². The number of halogens is 1. The van der Waals surface area contributed by atoms with Crippen molar-refractivity contribution in [1.29, 1.82) is 0 Å². The molecule has 0 bridgehead atoms. The Morgan fingerprint density at radius 2 is 1.95 bits per heavy atom. The van der Waals surface area contributed by atoms with E-state index in [4.69, 9.17) is 9.47 Å². The summed E-state index contributed by atoms with van der Waals surface area (Å²) in [7, 11) is 1.59. The summed E-state index contributed by atoms with van der Waals surface area (Å²) in [6.07, 6.45) is -0.525. The second-order valence-corrected chi connectivity index (χ2v) is 5.42. The summed E-state index contributed by atoms with van der Waals surface area (Å²) in [5.41, 5.74) is 1.87. The fourth-order valence-corrected chi connectivity index (χ4v) is 2.30. The average Bonchev–Trinajstić information content (AvgIpc) is 2.45. The predicted octanol–water partition coefficient (Wildman–Crippen LogP) is 4.09. The third-order valence-corrected chi connectivity index (χ3v) is 3.45. The largest absolute Gasteiger partial charge is 0.493 e. The van der Waals surface area contributed by atoms with E-state index in [1.54, 1.807) is 20.1 Å². The second-order valence-electron chi connectivity index (χ2n) is 4.50. The molecule has 0 aliphatic rings. The molecule has 0 spiro atoms. The van der Waals surface area contributed by atoms with Crippen molar-refractivity contribution in [1.82, 2.24) is 0 Å². The first-order chi connectivity index (χ1) is 9.60. The van der Waals surface area contributed by atoms with Crippen molar-refractivity contribution in [2.45, 2.75) is 19.6 Å². The number of hydrogen-bond acceptors (Lipinski definition) is 3. The van der Waals surface area contributed by atoms with Gasteiger partial charge in [-0.1, -0.05) is 34.1 Å². The fourth-order valence-electron chi connectivity index (χ4n) is 1.85. The number of benzene rings is 2. The van der Waals surface area contributed by atoms with E-state index in [0.717, 1.165) is 15.6 Å². The molecule has 2 aromatic rings. The molecule has 0 fully saturated rings. The molecule has 0 unspecified atom stereocenters. The molecule has 0 aliphatic carbocycles. The molecule has 3 nitrogen and oxygen atoms in total. The summed E-state index contributed by atoms with van der Waals surface area (Å²) in [5.74, 6) is 1.29. The summed E-state index contributed by atoms with van der Waals surface area (Å²) in [5, 5.41) is 9.57. The standard InChI is InChI=1S/C16H17BrO3/c1-11(18)13-6-7-15(16(9-13)19-2)20-10-12-4-3-5-14(17)8-12/h3-9,11,18H,10H2,1-2H3/t11-/m1/s1. The molecule has 0 aliphatic heterocycles. The van der Waals surface area contributed by atoms with E-state index < -0.39 is 6.10 Å². The van der Waals surface area contributed by atoms with Crippen LogP contribution in [0.2, 0.25) is 0 Å². The smallest absolute Gasteiger partial charge is 0.161 e. The maximum Gasteiger partial charge on any atom is 0.161 e. The minimum Gasteiger partial charge on any atom is -0.493 e. The summed E-state index contributed by atoms with van der Waals surface area (Å²) in [4.78, 5) is 0. The van der Waals surface area contributed by atoms with Crippen molar-refractivity contribution < 1.29 is 14.6 Å². The van der Waals surface area contributed by atoms with Crippen LogP contribution in [0.15, 0.2) is 46.9 Å². The van der Waals surface area contributed by atoms with Gasteiger partial charge in [0.15, 0.2) is 11.5 Å². The van der Waals surface area contributed by atoms with Crippen molar-refractivity contribution in [2.75, 3.05) is 7.11 Å². The Kier molecular flexibility index (Phi) is 5.04. The molecule has 0 aromatic heterocycles. The van der Waals surface area contributed by atoms with Crippen molar-refractivity contribution in [3.05, 3.63) is 58.1 Å². The highest BCUT2D eigenvalue weighted by Gasteiger charge is 2.09. The first-order valence-corrected chi connectivity index (χ1v) is 7.12. The van der Waals surface area contributed by atoms with Crippen LogP contribution in [-0.4, -0.2) is 12.2 Å². The van der Waals surface area contributed by atoms with Crippen LogP contribution in [0.5, 0.6) is 11.5 Å². The van der Waals surface area contributed by atoms with Crippen LogP contribution in [0.3, 0.4) is 0 Å². The van der Waals surface area contributed by atoms with Crippen LogP contribution in [0, 0.1) is 0 Å². The molecule has 2 aromatic carbocycles. The molecule has 0 heterocycles. The first kappa shape index (κ1) is 14.9. The number of aliphatic hydroxyl groups is 1. The van der Waals surface area contributed by atoms with Crippen LogP contribution in [-0.2, 0) is 6.61 Å². The Labute approximate surface area is 127 Å². The number of ether oxygens (including phenoxy) is 2. The number of rotatable bonds is 5. The Balaban J connectivity index is 2.13. The highest BCUT2D eigenvalue weighted by molar-refractivity contribution is 9.10. The summed E-state index contributed by atoms with van der Waals surface area (Å²) < 4.78 is 12.1. The van der Waals surface area contributed by atoms with E-state index >= 15 is 0 Å². The van der Waals surface area contributed by atoms with Gasteiger partial charge in [0.1, 0.15) is 6.61 Å². The molecule has 106 valence electrons. The number of hydrogen-bond donors (Lipinski definition) is 1. The fraction of sp³-hybridized carbons (Fsp3) is 0.250. The molecule has 20 heavy (non-hydrogen) atoms. The maximum atomic E-state index is 9.57. The molecular weight excluding hydrogens is 320 g/mol. The van der Waals surface area contributed by atoms with Crippen LogP contribution < -0.4 is 9.47 Å². The van der Waals surface area contributed by atoms with E-state index in [9.17, 15) is 5.11 Å². The molecule has 0 radical (unpaired) electrons. The van der Waals surface area contributed by atoms with Gasteiger partial charge < -0.3 is 14.6 Å². The van der Waals surface area contributed by atoms with Gasteiger partial charge in [0.25, 0.3) is 0 Å². The van der Waals surface area contributed by atoms with E-state index in [1.165, 1.54) is 0 Å². The van der Waals surface area contributed by atoms with Gasteiger partial charge in [-0.3, -0.25) is 0 Å². The molecule has 1 N–H and O–H groups in total. The highest BCUT2D eigenvalue weighted by atomic mass is 79.9. The zero-order valence-electron chi connectivity index (χ0n) is 11.5. The molecular formula is C16H17BrO3. The molecule has 0 saturated carbocycles. The number of methoxy groups -OCH3 is 1. The van der Waals surface area contributed by atoms with E-state index in [2.05, 4.69) is 15.9 Å². The monoisotopic (exact) mass is 336 g/mol. The Morgan fingerprint density at radius 1 is 1.15 bits per heavy atom. The zero-order valence-corrected chi connectivity index (χ0v) is 13.1. The van der Waals surface area contributed by atoms with Crippen molar-refractivity contribution in [3.63, 3.8) is 0 Å². The first-order valence-electron chi connectivity index (χ1n) is 6.33. The SMILES string of the molecule is COc1cc([C@@H](C)O)ccc1OCc1cccc(Br)c1. The van der Waals surface area contributed by atoms with Gasteiger partial charge in [-0.2, -0.15) is 0 Å². The lowest BCUT2D eigenvalue weighted by Crippen LogP contribution is -1.99. The van der Waals surface area contributed by atoms with Gasteiger partial charge in [-0.05, 0) is 42.3 Å². The van der Waals surface area contributed by atoms with Crippen LogP contribution in [0.4, 0.5) is 0 Å². The lowest BCUT2D eigenvalue weighted by Gasteiger charge is -2.13. The lowest BCUT2D eigenvalue weighted by molar-refractivity contribution is 0.198. The topological polar surface area (TPSA) is 38.7 Å². The predicted molar refractivity (Wildman–Crippen MR) is 82.1 cm³/mol. The van der Waals surface area contributed by atoms with Gasteiger partial charge in [0, 0.05) is 4.47 Å². The summed E-state index contributed by atoms with van der Waals surface area (Å²) >= 11 is 3.43. The third-order valence-electron chi connectivity index (χ3n) is 2.95. The van der Waals surface area contributed by atoms with E-state index in [1.807, 2.05) is 36.4 Å². The molecule has 1 atom stereocenters. The van der Waals surface area contributed by atoms with Crippen LogP contribution in [0.1, 0.15) is 24.2 Å². The van der Waals surface area contributed by atoms with Gasteiger partial charge >= 0.3 is 0 Å². The Morgan fingerprint density at radius 3 is 2.60 bits per heavy atom. The Bertz CT molecular complexity index is 582. The maximum absolute atomic E-state index is 9.57. The van der Waals surface area contributed by atoms with Crippen molar-refractivity contribution in [3.8, 4) is 11.5 Å². The normalized spacial score (nSPS) is 12.0. The molecule has 2 rings (SSSR count). The summed E-state index contributed by atoms with van der Waals surface area (Å²) in [6, 6.07) is 13.4. The highest BCUT2D eigenvalue weighted by Crippen LogP contribution is 2.31. The van der Waals surface area contributed by atoms with Gasteiger partial charge in [-0.15, -0.1) is 0 Å². The molecule has 4 heteroatoms. The van der Waals surface area contributed by atoms with Crippen molar-refractivity contribution in [2.24, 2.45) is 0 Å². The zero-order chi connectivity index (χ0) is 14.5.